The van der Waals surface area contributed by atoms with Crippen molar-refractivity contribution >= 4 is 28.8 Å². The van der Waals surface area contributed by atoms with E-state index in [1.807, 2.05) is 30.3 Å². The zero-order chi connectivity index (χ0) is 23.4. The van der Waals surface area contributed by atoms with Crippen LogP contribution in [0.15, 0.2) is 60.8 Å². The molecule has 0 saturated carbocycles. The summed E-state index contributed by atoms with van der Waals surface area (Å²) in [5.41, 5.74) is 1.01. The Hall–Kier alpha value is -3.59. The fourth-order valence-corrected chi connectivity index (χ4v) is 5.06. The van der Waals surface area contributed by atoms with Gasteiger partial charge in [-0.2, -0.15) is 0 Å². The summed E-state index contributed by atoms with van der Waals surface area (Å²) in [6.45, 7) is 0.0944. The molecule has 2 fully saturated rings. The zero-order valence-electron chi connectivity index (χ0n) is 18.4. The first-order valence-electron chi connectivity index (χ1n) is 11.0. The molecule has 8 nitrogen and oxygen atoms in total. The van der Waals surface area contributed by atoms with Gasteiger partial charge in [-0.05, 0) is 48.0 Å². The molecule has 0 radical (unpaired) electrons. The Morgan fingerprint density at radius 1 is 1.12 bits per heavy atom. The van der Waals surface area contributed by atoms with Crippen LogP contribution in [0.2, 0.25) is 0 Å². The molecule has 0 bridgehead atoms. The van der Waals surface area contributed by atoms with Gasteiger partial charge in [-0.1, -0.05) is 18.2 Å². The molecule has 3 aromatic rings. The van der Waals surface area contributed by atoms with Crippen molar-refractivity contribution in [2.24, 2.45) is 0 Å². The molecule has 0 aliphatic carbocycles. The second-order valence-corrected chi connectivity index (χ2v) is 8.73. The van der Waals surface area contributed by atoms with Gasteiger partial charge in [-0.25, -0.2) is 0 Å². The minimum absolute atomic E-state index is 0.00909. The topological polar surface area (TPSA) is 98.2 Å². The molecule has 2 saturated heterocycles. The number of amides is 2. The van der Waals surface area contributed by atoms with Gasteiger partial charge in [0.05, 0.1) is 43.0 Å². The van der Waals surface area contributed by atoms with Crippen LogP contribution in [0.4, 0.5) is 0 Å². The van der Waals surface area contributed by atoms with Crippen molar-refractivity contribution in [2.75, 3.05) is 20.3 Å². The number of aliphatic hydroxyl groups is 1. The normalized spacial score (nSPS) is 28.2. The number of carbonyl (C=O) groups excluding carboxylic acids is 2. The highest BCUT2D eigenvalue weighted by molar-refractivity contribution is 6.21. The average Bonchev–Trinajstić information content (AvgIpc) is 3.50. The van der Waals surface area contributed by atoms with E-state index in [0.29, 0.717) is 16.9 Å². The molecule has 0 spiro atoms. The van der Waals surface area contributed by atoms with Crippen LogP contribution in [-0.4, -0.2) is 71.0 Å². The summed E-state index contributed by atoms with van der Waals surface area (Å²) in [5, 5.41) is 12.3. The Balaban J connectivity index is 1.27. The number of hydrogen-bond acceptors (Lipinski definition) is 7. The molecule has 1 aromatic heterocycles. The van der Waals surface area contributed by atoms with Gasteiger partial charge in [0.15, 0.2) is 0 Å². The summed E-state index contributed by atoms with van der Waals surface area (Å²) < 4.78 is 17.2. The van der Waals surface area contributed by atoms with E-state index < -0.39 is 23.9 Å². The quantitative estimate of drug-likeness (QED) is 0.600. The third-order valence-corrected chi connectivity index (χ3v) is 6.81. The van der Waals surface area contributed by atoms with Gasteiger partial charge >= 0.3 is 0 Å². The summed E-state index contributed by atoms with van der Waals surface area (Å²) in [7, 11) is 1.61. The number of rotatable bonds is 4. The average molecular weight is 458 g/mol. The van der Waals surface area contributed by atoms with Gasteiger partial charge in [0.2, 0.25) is 0 Å². The largest absolute Gasteiger partial charge is 0.497 e. The van der Waals surface area contributed by atoms with Crippen LogP contribution in [0.3, 0.4) is 0 Å². The zero-order valence-corrected chi connectivity index (χ0v) is 18.4. The van der Waals surface area contributed by atoms with Gasteiger partial charge in [0.25, 0.3) is 11.8 Å². The number of methoxy groups -OCH3 is 1. The predicted octanol–water partition coefficient (Wildman–Crippen LogP) is 2.45. The van der Waals surface area contributed by atoms with E-state index in [1.54, 1.807) is 43.6 Å². The number of imide groups is 1. The summed E-state index contributed by atoms with van der Waals surface area (Å²) in [6, 6.07) is 13.6. The van der Waals surface area contributed by atoms with Crippen molar-refractivity contribution in [1.82, 2.24) is 9.88 Å². The highest BCUT2D eigenvalue weighted by Gasteiger charge is 2.58. The minimum atomic E-state index is -1.41. The number of nitrogens with zero attached hydrogens (tertiary/aromatic N) is 2. The number of aromatic nitrogens is 1. The van der Waals surface area contributed by atoms with E-state index in [0.717, 1.165) is 16.5 Å². The second-order valence-electron chi connectivity index (χ2n) is 8.73. The van der Waals surface area contributed by atoms with Crippen molar-refractivity contribution in [3.8, 4) is 5.75 Å². The minimum Gasteiger partial charge on any atom is -0.497 e. The molecule has 6 rings (SSSR count). The smallest absolute Gasteiger partial charge is 0.261 e. The van der Waals surface area contributed by atoms with E-state index in [4.69, 9.17) is 14.2 Å². The summed E-state index contributed by atoms with van der Waals surface area (Å²) in [4.78, 5) is 31.5. The van der Waals surface area contributed by atoms with Crippen LogP contribution in [-0.2, 0) is 9.47 Å². The molecule has 34 heavy (non-hydrogen) atoms. The Morgan fingerprint density at radius 3 is 2.62 bits per heavy atom. The van der Waals surface area contributed by atoms with Crippen LogP contribution in [0.25, 0.3) is 17.0 Å². The van der Waals surface area contributed by atoms with Crippen molar-refractivity contribution < 1.29 is 28.9 Å². The molecule has 2 aromatic carbocycles. The molecule has 0 unspecified atom stereocenters. The Bertz CT molecular complexity index is 1320. The van der Waals surface area contributed by atoms with Crippen molar-refractivity contribution in [1.29, 1.82) is 0 Å². The van der Waals surface area contributed by atoms with Crippen molar-refractivity contribution in [3.63, 3.8) is 0 Å². The lowest BCUT2D eigenvalue weighted by Crippen LogP contribution is -2.48. The van der Waals surface area contributed by atoms with Crippen LogP contribution in [0.5, 0.6) is 5.75 Å². The summed E-state index contributed by atoms with van der Waals surface area (Å²) in [6.07, 6.45) is 3.85. The molecule has 4 atom stereocenters. The monoisotopic (exact) mass is 458 g/mol. The van der Waals surface area contributed by atoms with Crippen LogP contribution < -0.4 is 4.74 Å². The lowest BCUT2D eigenvalue weighted by molar-refractivity contribution is -0.0333. The Morgan fingerprint density at radius 2 is 1.88 bits per heavy atom. The number of benzene rings is 2. The molecule has 3 aliphatic heterocycles. The standard InChI is InChI=1S/C26H22N2O6/c1-32-16-6-7-20-19(12-16)15(9-11-27-20)8-10-26(31)14-34-22-21(13-33-23(22)26)28-24(29)17-4-2-3-5-18(17)25(28)30/h2-12,21-23,31H,13-14H2,1H3/b10-8+/t21-,22+,23-,26+/m0/s1. The molecular formula is C26H22N2O6. The Labute approximate surface area is 195 Å². The highest BCUT2D eigenvalue weighted by Crippen LogP contribution is 2.40. The third-order valence-electron chi connectivity index (χ3n) is 6.81. The third kappa shape index (κ3) is 3.07. The molecule has 172 valence electrons. The lowest BCUT2D eigenvalue weighted by Gasteiger charge is -2.25. The maximum atomic E-state index is 12.9. The van der Waals surface area contributed by atoms with E-state index in [-0.39, 0.29) is 25.0 Å². The fraction of sp³-hybridized carbons (Fsp3) is 0.269. The van der Waals surface area contributed by atoms with Gasteiger partial charge in [0, 0.05) is 11.6 Å². The first kappa shape index (κ1) is 21.0. The van der Waals surface area contributed by atoms with Crippen LogP contribution in [0, 0.1) is 0 Å². The molecule has 1 N–H and O–H groups in total. The fourth-order valence-electron chi connectivity index (χ4n) is 5.06. The van der Waals surface area contributed by atoms with Crippen molar-refractivity contribution in [2.45, 2.75) is 23.9 Å². The lowest BCUT2D eigenvalue weighted by atomic mass is 9.93. The van der Waals surface area contributed by atoms with Gasteiger partial charge < -0.3 is 19.3 Å². The van der Waals surface area contributed by atoms with Crippen molar-refractivity contribution in [3.05, 3.63) is 77.5 Å². The molecule has 3 aliphatic rings. The molecule has 8 heteroatoms. The maximum absolute atomic E-state index is 12.9. The molecule has 2 amide bonds. The molecule has 4 heterocycles. The highest BCUT2D eigenvalue weighted by atomic mass is 16.6. The van der Waals surface area contributed by atoms with Crippen LogP contribution in [0.1, 0.15) is 26.3 Å². The van der Waals surface area contributed by atoms with Gasteiger partial charge in [-0.15, -0.1) is 0 Å². The predicted molar refractivity (Wildman–Crippen MR) is 122 cm³/mol. The summed E-state index contributed by atoms with van der Waals surface area (Å²) >= 11 is 0. The second kappa shape index (κ2) is 7.73. The first-order valence-corrected chi connectivity index (χ1v) is 11.0. The summed E-state index contributed by atoms with van der Waals surface area (Å²) in [5.74, 6) is -0.00990. The number of hydrogen-bond donors (Lipinski definition) is 1. The number of pyridine rings is 1. The molecular weight excluding hydrogens is 436 g/mol. The van der Waals surface area contributed by atoms with Gasteiger partial charge in [0.1, 0.15) is 23.6 Å². The maximum Gasteiger partial charge on any atom is 0.261 e. The van der Waals surface area contributed by atoms with Crippen LogP contribution >= 0.6 is 0 Å². The van der Waals surface area contributed by atoms with E-state index in [2.05, 4.69) is 4.98 Å². The van der Waals surface area contributed by atoms with E-state index in [1.165, 1.54) is 4.90 Å². The number of fused-ring (bicyclic) bond motifs is 3. The SMILES string of the molecule is COc1ccc2nccc(/C=C/[C@@]3(O)CO[C@@H]4[C@@H](N5C(=O)c6ccccc6C5=O)CO[C@@H]43)c2c1. The first-order chi connectivity index (χ1) is 16.5. The van der Waals surface area contributed by atoms with E-state index in [9.17, 15) is 14.7 Å². The Kier molecular flexibility index (Phi) is 4.77. The van der Waals surface area contributed by atoms with E-state index >= 15 is 0 Å². The van der Waals surface area contributed by atoms with Gasteiger partial charge in [-0.3, -0.25) is 19.5 Å². The number of ether oxygens (including phenoxy) is 3. The number of carbonyl (C=O) groups is 2.